The third kappa shape index (κ3) is 2.64. The van der Waals surface area contributed by atoms with Crippen molar-refractivity contribution >= 4 is 18.3 Å². The SMILES string of the molecule is CCN(C)C(=O)[C@H]1CCNC1.Cl. The van der Waals surface area contributed by atoms with Crippen LogP contribution in [0.1, 0.15) is 13.3 Å². The molecule has 72 valence electrons. The Morgan fingerprint density at radius 2 is 2.33 bits per heavy atom. The highest BCUT2D eigenvalue weighted by Gasteiger charge is 2.24. The lowest BCUT2D eigenvalue weighted by Crippen LogP contribution is -2.33. The molecule has 1 rings (SSSR count). The molecule has 0 aliphatic carbocycles. The van der Waals surface area contributed by atoms with Crippen LogP contribution in [0.15, 0.2) is 0 Å². The second-order valence-corrected chi connectivity index (χ2v) is 3.04. The van der Waals surface area contributed by atoms with E-state index in [4.69, 9.17) is 0 Å². The van der Waals surface area contributed by atoms with E-state index in [9.17, 15) is 4.79 Å². The van der Waals surface area contributed by atoms with E-state index in [-0.39, 0.29) is 24.2 Å². The van der Waals surface area contributed by atoms with Crippen LogP contribution in [0.3, 0.4) is 0 Å². The molecule has 0 aromatic carbocycles. The van der Waals surface area contributed by atoms with Gasteiger partial charge in [0.05, 0.1) is 5.92 Å². The second kappa shape index (κ2) is 5.38. The van der Waals surface area contributed by atoms with E-state index in [1.165, 1.54) is 0 Å². The summed E-state index contributed by atoms with van der Waals surface area (Å²) in [6.07, 6.45) is 1.00. The number of nitrogens with one attached hydrogen (secondary N) is 1. The molecule has 0 unspecified atom stereocenters. The predicted octanol–water partition coefficient (Wildman–Crippen LogP) is 0.496. The summed E-state index contributed by atoms with van der Waals surface area (Å²) in [5, 5.41) is 3.18. The van der Waals surface area contributed by atoms with Gasteiger partial charge in [-0.05, 0) is 19.9 Å². The summed E-state index contributed by atoms with van der Waals surface area (Å²) >= 11 is 0. The second-order valence-electron chi connectivity index (χ2n) is 3.04. The fourth-order valence-corrected chi connectivity index (χ4v) is 1.33. The largest absolute Gasteiger partial charge is 0.346 e. The van der Waals surface area contributed by atoms with Crippen molar-refractivity contribution in [2.24, 2.45) is 5.92 Å². The number of rotatable bonds is 2. The molecule has 1 saturated heterocycles. The van der Waals surface area contributed by atoms with E-state index in [1.807, 2.05) is 14.0 Å². The van der Waals surface area contributed by atoms with Crippen LogP contribution in [0.4, 0.5) is 0 Å². The van der Waals surface area contributed by atoms with Gasteiger partial charge in [-0.2, -0.15) is 0 Å². The molecule has 1 heterocycles. The number of carbonyl (C=O) groups is 1. The van der Waals surface area contributed by atoms with Gasteiger partial charge in [0, 0.05) is 20.1 Å². The molecule has 0 aromatic heterocycles. The normalized spacial score (nSPS) is 21.7. The molecule has 1 aliphatic rings. The lowest BCUT2D eigenvalue weighted by Gasteiger charge is -2.18. The van der Waals surface area contributed by atoms with E-state index in [2.05, 4.69) is 5.32 Å². The van der Waals surface area contributed by atoms with Gasteiger partial charge in [-0.3, -0.25) is 4.79 Å². The van der Waals surface area contributed by atoms with Crippen LogP contribution in [0.2, 0.25) is 0 Å². The first kappa shape index (κ1) is 11.7. The highest BCUT2D eigenvalue weighted by molar-refractivity contribution is 5.85. The number of hydrogen-bond acceptors (Lipinski definition) is 2. The maximum absolute atomic E-state index is 11.5. The average Bonchev–Trinajstić information content (AvgIpc) is 2.53. The summed E-state index contributed by atoms with van der Waals surface area (Å²) < 4.78 is 0. The fraction of sp³-hybridized carbons (Fsp3) is 0.875. The van der Waals surface area contributed by atoms with Gasteiger partial charge in [0.1, 0.15) is 0 Å². The minimum atomic E-state index is 0. The first-order valence-electron chi connectivity index (χ1n) is 4.21. The van der Waals surface area contributed by atoms with Crippen molar-refractivity contribution in [1.82, 2.24) is 10.2 Å². The number of amides is 1. The standard InChI is InChI=1S/C8H16N2O.ClH/c1-3-10(2)8(11)7-4-5-9-6-7;/h7,9H,3-6H2,1-2H3;1H/t7-;/m0./s1. The molecule has 1 atom stereocenters. The Labute approximate surface area is 79.9 Å². The Bertz CT molecular complexity index is 146. The van der Waals surface area contributed by atoms with Crippen molar-refractivity contribution in [1.29, 1.82) is 0 Å². The van der Waals surface area contributed by atoms with Gasteiger partial charge in [0.25, 0.3) is 0 Å². The summed E-state index contributed by atoms with van der Waals surface area (Å²) in [4.78, 5) is 13.3. The van der Waals surface area contributed by atoms with Crippen molar-refractivity contribution in [3.05, 3.63) is 0 Å². The summed E-state index contributed by atoms with van der Waals surface area (Å²) in [5.41, 5.74) is 0. The van der Waals surface area contributed by atoms with Crippen molar-refractivity contribution in [2.45, 2.75) is 13.3 Å². The van der Waals surface area contributed by atoms with E-state index < -0.39 is 0 Å². The summed E-state index contributed by atoms with van der Waals surface area (Å²) in [6, 6.07) is 0. The molecular weight excluding hydrogens is 176 g/mol. The molecule has 1 amide bonds. The van der Waals surface area contributed by atoms with E-state index in [0.717, 1.165) is 26.1 Å². The first-order chi connectivity index (χ1) is 5.25. The molecule has 3 nitrogen and oxygen atoms in total. The average molecular weight is 193 g/mol. The van der Waals surface area contributed by atoms with Crippen molar-refractivity contribution < 1.29 is 4.79 Å². The van der Waals surface area contributed by atoms with E-state index in [1.54, 1.807) is 4.90 Å². The van der Waals surface area contributed by atoms with Crippen molar-refractivity contribution in [2.75, 3.05) is 26.7 Å². The van der Waals surface area contributed by atoms with Gasteiger partial charge in [-0.1, -0.05) is 0 Å². The zero-order valence-electron chi connectivity index (χ0n) is 7.67. The summed E-state index contributed by atoms with van der Waals surface area (Å²) in [5.74, 6) is 0.525. The molecule has 0 aromatic rings. The lowest BCUT2D eigenvalue weighted by atomic mass is 10.1. The zero-order chi connectivity index (χ0) is 8.27. The molecule has 0 radical (unpaired) electrons. The Kier molecular flexibility index (Phi) is 5.25. The maximum Gasteiger partial charge on any atom is 0.226 e. The Hall–Kier alpha value is -0.280. The highest BCUT2D eigenvalue weighted by Crippen LogP contribution is 2.09. The summed E-state index contributed by atoms with van der Waals surface area (Å²) in [6.45, 7) is 4.67. The van der Waals surface area contributed by atoms with Crippen molar-refractivity contribution in [3.63, 3.8) is 0 Å². The monoisotopic (exact) mass is 192 g/mol. The van der Waals surface area contributed by atoms with Gasteiger partial charge in [0.15, 0.2) is 0 Å². The van der Waals surface area contributed by atoms with Crippen molar-refractivity contribution in [3.8, 4) is 0 Å². The lowest BCUT2D eigenvalue weighted by molar-refractivity contribution is -0.133. The van der Waals surface area contributed by atoms with Crippen LogP contribution in [0, 0.1) is 5.92 Å². The minimum Gasteiger partial charge on any atom is -0.346 e. The maximum atomic E-state index is 11.5. The topological polar surface area (TPSA) is 32.3 Å². The molecule has 1 N–H and O–H groups in total. The number of halogens is 1. The zero-order valence-corrected chi connectivity index (χ0v) is 8.49. The third-order valence-electron chi connectivity index (χ3n) is 2.26. The quantitative estimate of drug-likeness (QED) is 0.691. The summed E-state index contributed by atoms with van der Waals surface area (Å²) in [7, 11) is 1.86. The van der Waals surface area contributed by atoms with E-state index in [0.29, 0.717) is 0 Å². The molecular formula is C8H17ClN2O. The van der Waals surface area contributed by atoms with Crippen LogP contribution >= 0.6 is 12.4 Å². The Morgan fingerprint density at radius 3 is 2.75 bits per heavy atom. The van der Waals surface area contributed by atoms with Crippen LogP contribution in [-0.4, -0.2) is 37.5 Å². The third-order valence-corrected chi connectivity index (χ3v) is 2.26. The van der Waals surface area contributed by atoms with Gasteiger partial charge in [-0.15, -0.1) is 12.4 Å². The smallest absolute Gasteiger partial charge is 0.226 e. The van der Waals surface area contributed by atoms with Crippen LogP contribution < -0.4 is 5.32 Å². The van der Waals surface area contributed by atoms with E-state index >= 15 is 0 Å². The van der Waals surface area contributed by atoms with Gasteiger partial charge >= 0.3 is 0 Å². The Balaban J connectivity index is 0.00000121. The molecule has 0 saturated carbocycles. The molecule has 0 spiro atoms. The minimum absolute atomic E-state index is 0. The van der Waals surface area contributed by atoms with Gasteiger partial charge in [-0.25, -0.2) is 0 Å². The Morgan fingerprint density at radius 1 is 1.67 bits per heavy atom. The molecule has 4 heteroatoms. The number of nitrogens with zero attached hydrogens (tertiary/aromatic N) is 1. The number of hydrogen-bond donors (Lipinski definition) is 1. The van der Waals surface area contributed by atoms with Crippen LogP contribution in [0.5, 0.6) is 0 Å². The molecule has 0 bridgehead atoms. The first-order valence-corrected chi connectivity index (χ1v) is 4.21. The highest BCUT2D eigenvalue weighted by atomic mass is 35.5. The molecule has 1 fully saturated rings. The van der Waals surface area contributed by atoms with Crippen LogP contribution in [-0.2, 0) is 4.79 Å². The number of carbonyl (C=O) groups excluding carboxylic acids is 1. The van der Waals surface area contributed by atoms with Gasteiger partial charge < -0.3 is 10.2 Å². The molecule has 12 heavy (non-hydrogen) atoms. The predicted molar refractivity (Wildman–Crippen MR) is 51.5 cm³/mol. The van der Waals surface area contributed by atoms with Crippen LogP contribution in [0.25, 0.3) is 0 Å². The molecule has 1 aliphatic heterocycles. The fourth-order valence-electron chi connectivity index (χ4n) is 1.33. The van der Waals surface area contributed by atoms with Gasteiger partial charge in [0.2, 0.25) is 5.91 Å².